The fourth-order valence-corrected chi connectivity index (χ4v) is 1.96. The number of ether oxygens (including phenoxy) is 1. The number of nitrogens with two attached hydrogens (primary N) is 1. The Balaban J connectivity index is 2.89. The molecule has 2 N–H and O–H groups in total. The number of anilines is 1. The molecule has 2 aromatic rings. The Morgan fingerprint density at radius 1 is 1.21 bits per heavy atom. The van der Waals surface area contributed by atoms with Crippen molar-refractivity contribution in [3.05, 3.63) is 34.8 Å². The summed E-state index contributed by atoms with van der Waals surface area (Å²) in [5.41, 5.74) is 6.53. The lowest BCUT2D eigenvalue weighted by molar-refractivity contribution is 0.420. The van der Waals surface area contributed by atoms with E-state index in [1.807, 2.05) is 30.3 Å². The van der Waals surface area contributed by atoms with Crippen molar-refractivity contribution in [2.45, 2.75) is 0 Å². The second kappa shape index (κ2) is 3.50. The molecular formula is C11H10BrNO. The summed E-state index contributed by atoms with van der Waals surface area (Å²) < 4.78 is 6.19. The van der Waals surface area contributed by atoms with Gasteiger partial charge in [-0.05, 0) is 15.9 Å². The molecule has 0 unspecified atom stereocenters. The van der Waals surface area contributed by atoms with Crippen LogP contribution in [0.25, 0.3) is 10.8 Å². The minimum absolute atomic E-state index is 0.695. The average molecular weight is 252 g/mol. The Morgan fingerprint density at radius 2 is 1.86 bits per heavy atom. The van der Waals surface area contributed by atoms with Gasteiger partial charge in [0.25, 0.3) is 0 Å². The van der Waals surface area contributed by atoms with Crippen LogP contribution in [0.5, 0.6) is 5.75 Å². The van der Waals surface area contributed by atoms with Crippen molar-refractivity contribution >= 4 is 32.4 Å². The Morgan fingerprint density at radius 3 is 2.50 bits per heavy atom. The number of nitrogen functional groups attached to an aromatic ring is 1. The summed E-state index contributed by atoms with van der Waals surface area (Å²) in [5, 5.41) is 2.14. The van der Waals surface area contributed by atoms with Crippen LogP contribution in [0.4, 0.5) is 5.69 Å². The molecule has 0 spiro atoms. The van der Waals surface area contributed by atoms with Gasteiger partial charge < -0.3 is 10.5 Å². The third-order valence-corrected chi connectivity index (χ3v) is 3.07. The molecule has 0 saturated heterocycles. The third-order valence-electron chi connectivity index (χ3n) is 2.19. The number of rotatable bonds is 1. The van der Waals surface area contributed by atoms with Crippen molar-refractivity contribution in [1.29, 1.82) is 0 Å². The summed E-state index contributed by atoms with van der Waals surface area (Å²) in [6, 6.07) is 9.81. The standard InChI is InChI=1S/C11H10BrNO/c1-14-10-6-9(13)11(12)8-5-3-2-4-7(8)10/h2-6H,13H2,1H3. The van der Waals surface area contributed by atoms with Gasteiger partial charge in [-0.2, -0.15) is 0 Å². The molecule has 2 rings (SSSR count). The molecule has 14 heavy (non-hydrogen) atoms. The molecule has 0 aliphatic carbocycles. The largest absolute Gasteiger partial charge is 0.496 e. The van der Waals surface area contributed by atoms with E-state index in [0.29, 0.717) is 5.69 Å². The highest BCUT2D eigenvalue weighted by Gasteiger charge is 2.07. The van der Waals surface area contributed by atoms with E-state index in [1.165, 1.54) is 0 Å². The Kier molecular flexibility index (Phi) is 2.33. The lowest BCUT2D eigenvalue weighted by Crippen LogP contribution is -1.91. The first-order valence-corrected chi connectivity index (χ1v) is 5.04. The summed E-state index contributed by atoms with van der Waals surface area (Å²) in [4.78, 5) is 0. The molecule has 3 heteroatoms. The molecule has 0 heterocycles. The Hall–Kier alpha value is -1.22. The monoisotopic (exact) mass is 251 g/mol. The number of halogens is 1. The molecule has 2 nitrogen and oxygen atoms in total. The van der Waals surface area contributed by atoms with Crippen LogP contribution in [0.1, 0.15) is 0 Å². The summed E-state index contributed by atoms with van der Waals surface area (Å²) in [6.07, 6.45) is 0. The van der Waals surface area contributed by atoms with Crippen LogP contribution in [0.15, 0.2) is 34.8 Å². The molecule has 0 aliphatic rings. The summed E-state index contributed by atoms with van der Waals surface area (Å²) in [6.45, 7) is 0. The van der Waals surface area contributed by atoms with E-state index in [1.54, 1.807) is 7.11 Å². The maximum absolute atomic E-state index is 5.84. The van der Waals surface area contributed by atoms with E-state index in [0.717, 1.165) is 21.0 Å². The molecule has 0 aliphatic heterocycles. The fourth-order valence-electron chi connectivity index (χ4n) is 1.50. The minimum atomic E-state index is 0.695. The van der Waals surface area contributed by atoms with E-state index >= 15 is 0 Å². The van der Waals surface area contributed by atoms with Gasteiger partial charge in [0.2, 0.25) is 0 Å². The number of methoxy groups -OCH3 is 1. The second-order valence-electron chi connectivity index (χ2n) is 3.03. The van der Waals surface area contributed by atoms with Gasteiger partial charge in [0.15, 0.2) is 0 Å². The highest BCUT2D eigenvalue weighted by molar-refractivity contribution is 9.10. The lowest BCUT2D eigenvalue weighted by atomic mass is 10.1. The zero-order valence-electron chi connectivity index (χ0n) is 7.75. The van der Waals surface area contributed by atoms with E-state index in [2.05, 4.69) is 15.9 Å². The molecule has 0 atom stereocenters. The van der Waals surface area contributed by atoms with E-state index in [-0.39, 0.29) is 0 Å². The first-order valence-electron chi connectivity index (χ1n) is 4.24. The summed E-state index contributed by atoms with van der Waals surface area (Å²) >= 11 is 3.46. The van der Waals surface area contributed by atoms with Crippen molar-refractivity contribution in [1.82, 2.24) is 0 Å². The SMILES string of the molecule is COc1cc(N)c(Br)c2ccccc12. The lowest BCUT2D eigenvalue weighted by Gasteiger charge is -2.09. The number of hydrogen-bond donors (Lipinski definition) is 1. The molecular weight excluding hydrogens is 242 g/mol. The average Bonchev–Trinajstić information content (AvgIpc) is 2.23. The third kappa shape index (κ3) is 1.34. The number of fused-ring (bicyclic) bond motifs is 1. The van der Waals surface area contributed by atoms with Crippen LogP contribution in [0.2, 0.25) is 0 Å². The van der Waals surface area contributed by atoms with Crippen molar-refractivity contribution in [3.8, 4) is 5.75 Å². The first-order chi connectivity index (χ1) is 6.74. The summed E-state index contributed by atoms with van der Waals surface area (Å²) in [7, 11) is 1.65. The zero-order valence-corrected chi connectivity index (χ0v) is 9.34. The molecule has 0 saturated carbocycles. The highest BCUT2D eigenvalue weighted by Crippen LogP contribution is 2.35. The van der Waals surface area contributed by atoms with Crippen molar-refractivity contribution in [2.75, 3.05) is 12.8 Å². The van der Waals surface area contributed by atoms with Gasteiger partial charge in [0.05, 0.1) is 12.8 Å². The van der Waals surface area contributed by atoms with Crippen LogP contribution in [0.3, 0.4) is 0 Å². The molecule has 72 valence electrons. The van der Waals surface area contributed by atoms with Crippen LogP contribution >= 0.6 is 15.9 Å². The van der Waals surface area contributed by atoms with E-state index < -0.39 is 0 Å². The summed E-state index contributed by atoms with van der Waals surface area (Å²) in [5.74, 6) is 0.807. The van der Waals surface area contributed by atoms with Gasteiger partial charge in [0.1, 0.15) is 5.75 Å². The van der Waals surface area contributed by atoms with Gasteiger partial charge in [-0.25, -0.2) is 0 Å². The Labute approximate surface area is 90.8 Å². The maximum Gasteiger partial charge on any atom is 0.128 e. The smallest absolute Gasteiger partial charge is 0.128 e. The van der Waals surface area contributed by atoms with Crippen molar-refractivity contribution in [3.63, 3.8) is 0 Å². The topological polar surface area (TPSA) is 35.2 Å². The molecule has 0 radical (unpaired) electrons. The molecule has 0 bridgehead atoms. The quantitative estimate of drug-likeness (QED) is 0.791. The molecule has 0 aromatic heterocycles. The van der Waals surface area contributed by atoms with Gasteiger partial charge in [-0.3, -0.25) is 0 Å². The van der Waals surface area contributed by atoms with Gasteiger partial charge in [-0.1, -0.05) is 24.3 Å². The highest BCUT2D eigenvalue weighted by atomic mass is 79.9. The second-order valence-corrected chi connectivity index (χ2v) is 3.82. The molecule has 2 aromatic carbocycles. The number of benzene rings is 2. The van der Waals surface area contributed by atoms with Crippen LogP contribution < -0.4 is 10.5 Å². The van der Waals surface area contributed by atoms with E-state index in [4.69, 9.17) is 10.5 Å². The van der Waals surface area contributed by atoms with Gasteiger partial charge in [0, 0.05) is 21.3 Å². The van der Waals surface area contributed by atoms with Crippen LogP contribution in [-0.4, -0.2) is 7.11 Å². The first kappa shape index (κ1) is 9.34. The van der Waals surface area contributed by atoms with Crippen molar-refractivity contribution < 1.29 is 4.74 Å². The van der Waals surface area contributed by atoms with E-state index in [9.17, 15) is 0 Å². The van der Waals surface area contributed by atoms with Crippen LogP contribution in [-0.2, 0) is 0 Å². The van der Waals surface area contributed by atoms with Gasteiger partial charge >= 0.3 is 0 Å². The predicted octanol–water partition coefficient (Wildman–Crippen LogP) is 3.19. The van der Waals surface area contributed by atoms with Crippen LogP contribution in [0, 0.1) is 0 Å². The maximum atomic E-state index is 5.84. The van der Waals surface area contributed by atoms with Gasteiger partial charge in [-0.15, -0.1) is 0 Å². The zero-order chi connectivity index (χ0) is 10.1. The normalized spacial score (nSPS) is 10.4. The number of hydrogen-bond acceptors (Lipinski definition) is 2. The van der Waals surface area contributed by atoms with Crippen molar-refractivity contribution in [2.24, 2.45) is 0 Å². The fraction of sp³-hybridized carbons (Fsp3) is 0.0909. The predicted molar refractivity (Wildman–Crippen MR) is 62.6 cm³/mol. The minimum Gasteiger partial charge on any atom is -0.496 e. The molecule has 0 amide bonds. The Bertz CT molecular complexity index is 482. The molecule has 0 fully saturated rings.